The second kappa shape index (κ2) is 46.7. The van der Waals surface area contributed by atoms with Gasteiger partial charge < -0.3 is 25.2 Å². The number of allylic oxidation sites excluding steroid dienone is 10. The van der Waals surface area contributed by atoms with Crippen molar-refractivity contribution in [3.63, 3.8) is 0 Å². The third-order valence-electron chi connectivity index (χ3n) is 10.5. The van der Waals surface area contributed by atoms with Gasteiger partial charge in [0.05, 0.1) is 19.8 Å². The number of carbonyl (C=O) groups is 2. The third-order valence-corrected chi connectivity index (χ3v) is 11.5. The van der Waals surface area contributed by atoms with Crippen molar-refractivity contribution in [1.82, 2.24) is 0 Å². The quantitative estimate of drug-likeness (QED) is 0.0233. The van der Waals surface area contributed by atoms with Crippen LogP contribution in [0.4, 0.5) is 0 Å². The van der Waals surface area contributed by atoms with E-state index in [1.165, 1.54) is 116 Å². The van der Waals surface area contributed by atoms with Gasteiger partial charge in [0.15, 0.2) is 0 Å². The van der Waals surface area contributed by atoms with Crippen LogP contribution >= 0.6 is 7.82 Å². The molecule has 360 valence electrons. The summed E-state index contributed by atoms with van der Waals surface area (Å²) in [7, 11) is -4.63. The molecule has 0 radical (unpaired) electrons. The first-order valence-corrected chi connectivity index (χ1v) is 26.3. The number of phosphoric ester groups is 1. The lowest BCUT2D eigenvalue weighted by Gasteiger charge is -2.20. The molecule has 0 saturated heterocycles. The number of phosphoric acid groups is 1. The molecule has 0 aliphatic heterocycles. The maximum atomic E-state index is 12.7. The van der Waals surface area contributed by atoms with Crippen molar-refractivity contribution in [2.45, 2.75) is 225 Å². The lowest BCUT2D eigenvalue weighted by atomic mass is 10.1. The molecule has 0 saturated carbocycles. The molecule has 10 nitrogen and oxygen atoms in total. The third kappa shape index (κ3) is 45.7. The van der Waals surface area contributed by atoms with E-state index in [1.807, 2.05) is 0 Å². The van der Waals surface area contributed by atoms with Gasteiger partial charge >= 0.3 is 19.8 Å². The summed E-state index contributed by atoms with van der Waals surface area (Å²) >= 11 is 0. The van der Waals surface area contributed by atoms with Gasteiger partial charge in [-0.1, -0.05) is 190 Å². The Kier molecular flexibility index (Phi) is 44.9. The van der Waals surface area contributed by atoms with Crippen LogP contribution in [0.5, 0.6) is 0 Å². The van der Waals surface area contributed by atoms with Crippen LogP contribution < -0.4 is 5.73 Å². The molecule has 4 N–H and O–H groups in total. The highest BCUT2D eigenvalue weighted by Gasteiger charge is 2.27. The van der Waals surface area contributed by atoms with Crippen molar-refractivity contribution in [2.24, 2.45) is 5.73 Å². The molecular weight excluding hydrogens is 802 g/mol. The molecule has 0 rings (SSSR count). The van der Waals surface area contributed by atoms with Gasteiger partial charge in [0.2, 0.25) is 0 Å². The fraction of sp³-hybridized carbons (Fsp3) is 0.765. The molecule has 3 unspecified atom stereocenters. The van der Waals surface area contributed by atoms with Crippen molar-refractivity contribution in [3.05, 3.63) is 60.8 Å². The second-order valence-electron chi connectivity index (χ2n) is 16.6. The fourth-order valence-corrected chi connectivity index (χ4v) is 7.49. The van der Waals surface area contributed by atoms with Crippen molar-refractivity contribution >= 4 is 19.8 Å². The second-order valence-corrected chi connectivity index (χ2v) is 18.0. The highest BCUT2D eigenvalue weighted by molar-refractivity contribution is 7.47. The Balaban J connectivity index is 4.19. The Morgan fingerprint density at radius 1 is 0.532 bits per heavy atom. The van der Waals surface area contributed by atoms with Gasteiger partial charge in [0.1, 0.15) is 12.1 Å². The number of hydrogen-bond acceptors (Lipinski definition) is 8. The number of rotatable bonds is 47. The minimum Gasteiger partial charge on any atom is -0.480 e. The molecule has 0 spiro atoms. The van der Waals surface area contributed by atoms with Gasteiger partial charge in [-0.2, -0.15) is 0 Å². The van der Waals surface area contributed by atoms with Gasteiger partial charge in [-0.15, -0.1) is 0 Å². The Bertz CT molecular complexity index is 1220. The number of carboxylic acids is 1. The summed E-state index contributed by atoms with van der Waals surface area (Å²) in [6, 6.07) is -1.48. The van der Waals surface area contributed by atoms with Crippen LogP contribution in [0.15, 0.2) is 60.8 Å². The summed E-state index contributed by atoms with van der Waals surface area (Å²) in [4.78, 5) is 33.7. The summed E-state index contributed by atoms with van der Waals surface area (Å²) < 4.78 is 33.5. The normalized spacial score (nSPS) is 14.3. The highest BCUT2D eigenvalue weighted by Crippen LogP contribution is 2.43. The first-order chi connectivity index (χ1) is 30.2. The lowest BCUT2D eigenvalue weighted by molar-refractivity contribution is -0.154. The van der Waals surface area contributed by atoms with Gasteiger partial charge in [-0.05, 0) is 77.0 Å². The topological polar surface area (TPSA) is 155 Å². The van der Waals surface area contributed by atoms with Crippen LogP contribution in [0, 0.1) is 0 Å². The molecule has 0 heterocycles. The first kappa shape index (κ1) is 59.7. The molecule has 0 bridgehead atoms. The Labute approximate surface area is 379 Å². The summed E-state index contributed by atoms with van der Waals surface area (Å²) in [5.74, 6) is -1.79. The van der Waals surface area contributed by atoms with Crippen molar-refractivity contribution in [2.75, 3.05) is 26.4 Å². The van der Waals surface area contributed by atoms with Crippen molar-refractivity contribution < 1.29 is 42.7 Å². The van der Waals surface area contributed by atoms with Crippen molar-refractivity contribution in [1.29, 1.82) is 0 Å². The zero-order valence-corrected chi connectivity index (χ0v) is 40.3. The van der Waals surface area contributed by atoms with Crippen molar-refractivity contribution in [3.8, 4) is 0 Å². The summed E-state index contributed by atoms with van der Waals surface area (Å²) in [6.07, 6.45) is 57.0. The van der Waals surface area contributed by atoms with E-state index in [-0.39, 0.29) is 13.0 Å². The van der Waals surface area contributed by atoms with E-state index >= 15 is 0 Å². The zero-order chi connectivity index (χ0) is 45.5. The zero-order valence-electron chi connectivity index (χ0n) is 39.5. The SMILES string of the molecule is CC/C=C\C/C=C\C/C=C\C/C=C\CCCCCCCCCCC(=O)OC(COCCCCCCCCCC/C=C\CCCCCCCCC)COP(=O)(O)OCC(N)C(=O)O. The van der Waals surface area contributed by atoms with Gasteiger partial charge in [0.25, 0.3) is 0 Å². The molecular formula is C51H92NO9P. The number of ether oxygens (including phenoxy) is 2. The van der Waals surface area contributed by atoms with E-state index < -0.39 is 45.1 Å². The fourth-order valence-electron chi connectivity index (χ4n) is 6.71. The van der Waals surface area contributed by atoms with E-state index in [1.54, 1.807) is 0 Å². The Morgan fingerprint density at radius 2 is 0.935 bits per heavy atom. The summed E-state index contributed by atoms with van der Waals surface area (Å²) in [5.41, 5.74) is 5.37. The molecule has 0 fully saturated rings. The van der Waals surface area contributed by atoms with Crippen LogP contribution in [-0.4, -0.2) is 60.5 Å². The largest absolute Gasteiger partial charge is 0.480 e. The first-order valence-electron chi connectivity index (χ1n) is 24.8. The average molecular weight is 894 g/mol. The Morgan fingerprint density at radius 3 is 1.42 bits per heavy atom. The number of unbranched alkanes of at least 4 members (excludes halogenated alkanes) is 23. The maximum absolute atomic E-state index is 12.7. The van der Waals surface area contributed by atoms with Crippen LogP contribution in [0.25, 0.3) is 0 Å². The molecule has 0 aromatic rings. The number of esters is 1. The minimum absolute atomic E-state index is 0.0101. The van der Waals surface area contributed by atoms with Gasteiger partial charge in [0, 0.05) is 13.0 Å². The molecule has 0 amide bonds. The number of carbonyl (C=O) groups excluding carboxylic acids is 1. The standard InChI is InChI=1S/C51H92NO9P/c1-3-5-7-9-11-13-15-17-19-21-23-24-25-27-29-31-33-35-37-39-41-43-50(53)61-48(46-59-62(56,57)60-47-49(52)51(54)55)45-58-44-42-40-38-36-34-32-30-28-26-22-20-18-16-14-12-10-8-6-4-2/h5,7,11,13,17,19-20,22-24,48-49H,3-4,6,8-10,12,14-16,18,21,25-47,52H2,1-2H3,(H,54,55)(H,56,57)/b7-5-,13-11-,19-17-,22-20-,24-23-. The molecule has 3 atom stereocenters. The predicted molar refractivity (Wildman–Crippen MR) is 258 cm³/mol. The summed E-state index contributed by atoms with van der Waals surface area (Å²) in [6.45, 7) is 3.77. The van der Waals surface area contributed by atoms with E-state index in [0.717, 1.165) is 70.6 Å². The molecule has 0 aliphatic rings. The van der Waals surface area contributed by atoms with Gasteiger partial charge in [-0.25, -0.2) is 4.57 Å². The number of nitrogens with two attached hydrogens (primary N) is 1. The minimum atomic E-state index is -4.63. The number of aliphatic carboxylic acids is 1. The highest BCUT2D eigenvalue weighted by atomic mass is 31.2. The predicted octanol–water partition coefficient (Wildman–Crippen LogP) is 14.4. The van der Waals surface area contributed by atoms with E-state index in [0.29, 0.717) is 13.0 Å². The monoisotopic (exact) mass is 894 g/mol. The average Bonchev–Trinajstić information content (AvgIpc) is 3.25. The van der Waals surface area contributed by atoms with Crippen LogP contribution in [-0.2, 0) is 32.7 Å². The molecule has 11 heteroatoms. The number of carboxylic acid groups (broad SMARTS) is 1. The smallest absolute Gasteiger partial charge is 0.472 e. The molecule has 62 heavy (non-hydrogen) atoms. The van der Waals surface area contributed by atoms with Crippen LogP contribution in [0.1, 0.15) is 213 Å². The van der Waals surface area contributed by atoms with Crippen LogP contribution in [0.2, 0.25) is 0 Å². The van der Waals surface area contributed by atoms with E-state index in [9.17, 15) is 19.0 Å². The van der Waals surface area contributed by atoms with Crippen LogP contribution in [0.3, 0.4) is 0 Å². The molecule has 0 aliphatic carbocycles. The molecule has 0 aromatic heterocycles. The van der Waals surface area contributed by atoms with Gasteiger partial charge in [-0.3, -0.25) is 18.6 Å². The van der Waals surface area contributed by atoms with E-state index in [4.69, 9.17) is 29.4 Å². The maximum Gasteiger partial charge on any atom is 0.472 e. The Hall–Kier alpha value is -2.33. The lowest BCUT2D eigenvalue weighted by Crippen LogP contribution is -2.34. The number of hydrogen-bond donors (Lipinski definition) is 3. The summed E-state index contributed by atoms with van der Waals surface area (Å²) in [5, 5.41) is 8.92. The molecule has 0 aromatic carbocycles. The van der Waals surface area contributed by atoms with E-state index in [2.05, 4.69) is 74.6 Å².